The minimum absolute atomic E-state index is 0.00354. The summed E-state index contributed by atoms with van der Waals surface area (Å²) >= 11 is 0. The number of hydrogen-bond acceptors (Lipinski definition) is 8. The third-order valence-corrected chi connectivity index (χ3v) is 11.2. The minimum Gasteiger partial charge on any atom is -0.508 e. The maximum absolute atomic E-state index is 17.0. The molecule has 2 aromatic carbocycles. The molecule has 2 bridgehead atoms. The van der Waals surface area contributed by atoms with Gasteiger partial charge in [-0.2, -0.15) is 9.97 Å². The molecule has 11 heteroatoms. The van der Waals surface area contributed by atoms with E-state index in [1.54, 1.807) is 0 Å². The zero-order valence-corrected chi connectivity index (χ0v) is 27.0. The second kappa shape index (κ2) is 11.3. The van der Waals surface area contributed by atoms with E-state index in [2.05, 4.69) is 44.9 Å². The summed E-state index contributed by atoms with van der Waals surface area (Å²) in [7, 11) is 0. The van der Waals surface area contributed by atoms with Gasteiger partial charge in [0.05, 0.1) is 22.8 Å². The molecule has 48 heavy (non-hydrogen) atoms. The predicted octanol–water partition coefficient (Wildman–Crippen LogP) is 6.25. The fourth-order valence-electron chi connectivity index (χ4n) is 8.63. The summed E-state index contributed by atoms with van der Waals surface area (Å²) in [6.07, 6.45) is 12.4. The van der Waals surface area contributed by atoms with Crippen molar-refractivity contribution in [1.82, 2.24) is 25.2 Å². The summed E-state index contributed by atoms with van der Waals surface area (Å²) in [5.74, 6) is 1.72. The highest BCUT2D eigenvalue weighted by molar-refractivity contribution is 6.03. The van der Waals surface area contributed by atoms with Gasteiger partial charge >= 0.3 is 6.01 Å². The number of aromatic hydroxyl groups is 1. The Morgan fingerprint density at radius 3 is 2.88 bits per heavy atom. The summed E-state index contributed by atoms with van der Waals surface area (Å²) in [4.78, 5) is 18.5. The number of halogens is 3. The normalized spacial score (nSPS) is 26.2. The van der Waals surface area contributed by atoms with E-state index in [-0.39, 0.29) is 63.2 Å². The third kappa shape index (κ3) is 4.79. The van der Waals surface area contributed by atoms with E-state index in [1.807, 2.05) is 0 Å². The Labute approximate surface area is 277 Å². The van der Waals surface area contributed by atoms with Gasteiger partial charge in [-0.05, 0) is 73.7 Å². The lowest BCUT2D eigenvalue weighted by Gasteiger charge is -2.44. The zero-order chi connectivity index (χ0) is 33.4. The van der Waals surface area contributed by atoms with E-state index in [0.717, 1.165) is 37.8 Å². The van der Waals surface area contributed by atoms with Crippen LogP contribution in [0.5, 0.6) is 11.8 Å². The number of hydrogen-bond donors (Lipinski definition) is 2. The van der Waals surface area contributed by atoms with Crippen molar-refractivity contribution >= 4 is 27.5 Å². The number of terminal acetylenes is 1. The van der Waals surface area contributed by atoms with Crippen LogP contribution in [0, 0.1) is 29.9 Å². The maximum atomic E-state index is 17.0. The SMILES string of the molecule is C#Cc1c(F)ccc2cc(O)cc(-c3ncc4c(N5CC6CCC(C(C)C)(C5)N6)nc(OC[C@@]56CCCN5C/C(=C/F)C6)nc4c3F)c12. The first-order chi connectivity index (χ1) is 23.1. The number of benzene rings is 2. The minimum atomic E-state index is -0.763. The van der Waals surface area contributed by atoms with Crippen molar-refractivity contribution in [2.24, 2.45) is 5.92 Å². The lowest BCUT2D eigenvalue weighted by Crippen LogP contribution is -2.62. The van der Waals surface area contributed by atoms with Gasteiger partial charge < -0.3 is 20.1 Å². The predicted molar refractivity (Wildman–Crippen MR) is 179 cm³/mol. The molecule has 4 aliphatic rings. The Bertz CT molecular complexity index is 2050. The Hall–Kier alpha value is -4.40. The molecule has 4 aromatic rings. The van der Waals surface area contributed by atoms with E-state index in [0.29, 0.717) is 54.9 Å². The van der Waals surface area contributed by atoms with Crippen molar-refractivity contribution in [3.63, 3.8) is 0 Å². The first-order valence-corrected chi connectivity index (χ1v) is 16.6. The fraction of sp³-hybridized carbons (Fsp3) is 0.432. The van der Waals surface area contributed by atoms with Gasteiger partial charge in [-0.3, -0.25) is 9.88 Å². The summed E-state index contributed by atoms with van der Waals surface area (Å²) in [5.41, 5.74) is 0.207. The monoisotopic (exact) mass is 654 g/mol. The summed E-state index contributed by atoms with van der Waals surface area (Å²) in [6.45, 7) is 7.41. The number of aromatic nitrogens is 3. The van der Waals surface area contributed by atoms with Crippen LogP contribution in [0.25, 0.3) is 32.9 Å². The number of phenolic OH excluding ortho intramolecular Hbond substituents is 1. The average molecular weight is 655 g/mol. The molecular weight excluding hydrogens is 617 g/mol. The van der Waals surface area contributed by atoms with Gasteiger partial charge in [0.2, 0.25) is 0 Å². The van der Waals surface area contributed by atoms with E-state index in [1.165, 1.54) is 30.5 Å². The molecule has 4 fully saturated rings. The average Bonchev–Trinajstić information content (AvgIpc) is 3.73. The number of nitrogens with zero attached hydrogens (tertiary/aromatic N) is 5. The quantitative estimate of drug-likeness (QED) is 0.236. The smallest absolute Gasteiger partial charge is 0.319 e. The molecule has 2 aromatic heterocycles. The van der Waals surface area contributed by atoms with Crippen LogP contribution in [0.2, 0.25) is 0 Å². The molecule has 2 unspecified atom stereocenters. The molecule has 8 rings (SSSR count). The van der Waals surface area contributed by atoms with Crippen LogP contribution >= 0.6 is 0 Å². The molecule has 248 valence electrons. The Kier molecular flexibility index (Phi) is 7.31. The highest BCUT2D eigenvalue weighted by Gasteiger charge is 2.48. The number of anilines is 1. The number of nitrogens with one attached hydrogen (secondary N) is 1. The number of ether oxygens (including phenoxy) is 1. The first-order valence-electron chi connectivity index (χ1n) is 16.6. The highest BCUT2D eigenvalue weighted by Crippen LogP contribution is 2.44. The van der Waals surface area contributed by atoms with Gasteiger partial charge in [0.1, 0.15) is 35.2 Å². The van der Waals surface area contributed by atoms with Crippen LogP contribution in [0.15, 0.2) is 42.4 Å². The van der Waals surface area contributed by atoms with Crippen LogP contribution < -0.4 is 15.0 Å². The highest BCUT2D eigenvalue weighted by atomic mass is 19.1. The molecule has 0 aliphatic carbocycles. The molecule has 0 amide bonds. The van der Waals surface area contributed by atoms with Crippen molar-refractivity contribution in [3.8, 4) is 35.4 Å². The van der Waals surface area contributed by atoms with Crippen molar-refractivity contribution in [3.05, 3.63) is 59.6 Å². The van der Waals surface area contributed by atoms with E-state index < -0.39 is 11.6 Å². The molecule has 4 aliphatic heterocycles. The van der Waals surface area contributed by atoms with E-state index >= 15 is 4.39 Å². The lowest BCUT2D eigenvalue weighted by molar-refractivity contribution is 0.108. The molecule has 0 radical (unpaired) electrons. The maximum Gasteiger partial charge on any atom is 0.319 e. The van der Waals surface area contributed by atoms with Crippen LogP contribution in [-0.2, 0) is 0 Å². The topological polar surface area (TPSA) is 86.6 Å². The van der Waals surface area contributed by atoms with Crippen LogP contribution in [0.4, 0.5) is 19.0 Å². The van der Waals surface area contributed by atoms with Gasteiger partial charge in [-0.1, -0.05) is 25.8 Å². The van der Waals surface area contributed by atoms with Crippen molar-refractivity contribution in [1.29, 1.82) is 0 Å². The van der Waals surface area contributed by atoms with Crippen LogP contribution in [0.3, 0.4) is 0 Å². The third-order valence-electron chi connectivity index (χ3n) is 11.2. The lowest BCUT2D eigenvalue weighted by atomic mass is 9.84. The number of fused-ring (bicyclic) bond motifs is 5. The van der Waals surface area contributed by atoms with E-state index in [9.17, 15) is 13.9 Å². The number of pyridine rings is 1. The Balaban J connectivity index is 1.28. The number of piperazine rings is 1. The Morgan fingerprint density at radius 2 is 2.08 bits per heavy atom. The van der Waals surface area contributed by atoms with Crippen LogP contribution in [0.1, 0.15) is 51.5 Å². The molecule has 8 nitrogen and oxygen atoms in total. The standard InChI is InChI=1S/C37H37F3N6O2/c1-4-26-29(39)7-6-23-12-25(47)13-27(30(23)26)32-31(40)33-28(16-41-32)34(45-18-24-8-10-37(19-45,44-24)21(2)3)43-35(42-33)48-20-36-9-5-11-46(36)17-22(14-36)15-38/h1,6-7,12-13,15-16,21,24,44,47H,5,8-11,14,17-20H2,2-3H3/b22-15+/t24?,36-,37?/m0/s1. The van der Waals surface area contributed by atoms with Crippen LogP contribution in [-0.4, -0.2) is 74.9 Å². The molecule has 0 saturated carbocycles. The molecule has 3 atom stereocenters. The fourth-order valence-corrected chi connectivity index (χ4v) is 8.63. The molecule has 2 N–H and O–H groups in total. The molecular formula is C37H37F3N6O2. The summed E-state index contributed by atoms with van der Waals surface area (Å²) in [6, 6.07) is 5.77. The van der Waals surface area contributed by atoms with Gasteiger partial charge in [-0.15, -0.1) is 6.42 Å². The number of rotatable bonds is 6. The van der Waals surface area contributed by atoms with Crippen molar-refractivity contribution in [2.75, 3.05) is 37.7 Å². The van der Waals surface area contributed by atoms with Gasteiger partial charge in [0.25, 0.3) is 0 Å². The first kappa shape index (κ1) is 30.9. The largest absolute Gasteiger partial charge is 0.508 e. The second-order valence-electron chi connectivity index (χ2n) is 14.2. The van der Waals surface area contributed by atoms with Crippen molar-refractivity contribution in [2.45, 2.75) is 63.1 Å². The molecule has 6 heterocycles. The summed E-state index contributed by atoms with van der Waals surface area (Å²) < 4.78 is 51.8. The molecule has 4 saturated heterocycles. The summed E-state index contributed by atoms with van der Waals surface area (Å²) in [5, 5.41) is 15.5. The van der Waals surface area contributed by atoms with Gasteiger partial charge in [0, 0.05) is 48.4 Å². The van der Waals surface area contributed by atoms with Gasteiger partial charge in [0.15, 0.2) is 5.82 Å². The van der Waals surface area contributed by atoms with E-state index in [4.69, 9.17) is 16.1 Å². The van der Waals surface area contributed by atoms with Gasteiger partial charge in [-0.25, -0.2) is 13.2 Å². The van der Waals surface area contributed by atoms with Crippen molar-refractivity contribution < 1.29 is 23.0 Å². The number of phenols is 1. The molecule has 0 spiro atoms. The second-order valence-corrected chi connectivity index (χ2v) is 14.2. The Morgan fingerprint density at radius 1 is 1.23 bits per heavy atom. The zero-order valence-electron chi connectivity index (χ0n) is 27.0.